The molecule has 1 fully saturated rings. The van der Waals surface area contributed by atoms with Crippen LogP contribution in [0.1, 0.15) is 48.0 Å². The minimum Gasteiger partial charge on any atom is -0.496 e. The van der Waals surface area contributed by atoms with Crippen molar-refractivity contribution in [3.8, 4) is 5.75 Å². The van der Waals surface area contributed by atoms with Crippen LogP contribution in [0.15, 0.2) is 47.5 Å². The van der Waals surface area contributed by atoms with Crippen LogP contribution >= 0.6 is 11.6 Å². The molecule has 0 N–H and O–H groups in total. The van der Waals surface area contributed by atoms with Crippen molar-refractivity contribution in [1.82, 2.24) is 4.90 Å². The Hall–Kier alpha value is -2.73. The number of hydrogen-bond donors (Lipinski definition) is 0. The zero-order valence-corrected chi connectivity index (χ0v) is 17.4. The highest BCUT2D eigenvalue weighted by Gasteiger charge is 2.48. The Morgan fingerprint density at radius 1 is 1.17 bits per heavy atom. The summed E-state index contributed by atoms with van der Waals surface area (Å²) in [5.74, 6) is -0.915. The van der Waals surface area contributed by atoms with E-state index in [4.69, 9.17) is 21.3 Å². The van der Waals surface area contributed by atoms with Crippen LogP contribution in [0.4, 0.5) is 4.39 Å². The van der Waals surface area contributed by atoms with E-state index in [9.17, 15) is 14.0 Å². The molecular weight excluding hydrogens is 407 g/mol. The predicted molar refractivity (Wildman–Crippen MR) is 113 cm³/mol. The molecule has 2 aromatic rings. The minimum atomic E-state index is -0.736. The van der Waals surface area contributed by atoms with Crippen LogP contribution in [0.5, 0.6) is 5.75 Å². The Kier molecular flexibility index (Phi) is 5.60. The predicted octanol–water partition coefficient (Wildman–Crippen LogP) is 4.66. The van der Waals surface area contributed by atoms with Crippen molar-refractivity contribution in [2.45, 2.75) is 37.8 Å². The average molecular weight is 429 g/mol. The number of amides is 1. The van der Waals surface area contributed by atoms with Gasteiger partial charge in [0.25, 0.3) is 5.91 Å². The average Bonchev–Trinajstić information content (AvgIpc) is 3.00. The standard InChI is InChI=1S/C23H22ClFN2O3/c1-30-20-10-9-17(25)13-18(20)19(28)14-27-22(29)21(15-5-7-16(24)8-6-15)26-23(27)11-3-2-4-12-23/h5-10,13H,2-4,11-12,14H2,1H3. The number of carbonyl (C=O) groups is 2. The van der Waals surface area contributed by atoms with Crippen molar-refractivity contribution in [2.75, 3.05) is 13.7 Å². The molecule has 1 aliphatic carbocycles. The molecule has 1 spiro atoms. The second kappa shape index (κ2) is 8.19. The molecule has 0 bridgehead atoms. The van der Waals surface area contributed by atoms with Gasteiger partial charge in [0.1, 0.15) is 22.9 Å². The third-order valence-electron chi connectivity index (χ3n) is 5.81. The van der Waals surface area contributed by atoms with Crippen molar-refractivity contribution < 1.29 is 18.7 Å². The van der Waals surface area contributed by atoms with Crippen LogP contribution < -0.4 is 4.74 Å². The molecule has 0 radical (unpaired) electrons. The fourth-order valence-electron chi connectivity index (χ4n) is 4.27. The monoisotopic (exact) mass is 428 g/mol. The van der Waals surface area contributed by atoms with Gasteiger partial charge in [0, 0.05) is 10.6 Å². The van der Waals surface area contributed by atoms with Gasteiger partial charge in [0.15, 0.2) is 5.78 Å². The molecule has 7 heteroatoms. The molecule has 5 nitrogen and oxygen atoms in total. The Balaban J connectivity index is 1.68. The number of ketones is 1. The van der Waals surface area contributed by atoms with E-state index >= 15 is 0 Å². The number of benzene rings is 2. The molecule has 30 heavy (non-hydrogen) atoms. The Morgan fingerprint density at radius 2 is 1.87 bits per heavy atom. The van der Waals surface area contributed by atoms with Gasteiger partial charge >= 0.3 is 0 Å². The first-order valence-electron chi connectivity index (χ1n) is 9.98. The summed E-state index contributed by atoms with van der Waals surface area (Å²) in [6.45, 7) is -0.181. The largest absolute Gasteiger partial charge is 0.496 e. The van der Waals surface area contributed by atoms with Crippen LogP contribution in [0.2, 0.25) is 5.02 Å². The maximum Gasteiger partial charge on any atom is 0.275 e. The first kappa shape index (κ1) is 20.5. The van der Waals surface area contributed by atoms with Crippen molar-refractivity contribution in [3.05, 3.63) is 64.4 Å². The molecule has 2 aliphatic rings. The van der Waals surface area contributed by atoms with E-state index in [1.54, 1.807) is 29.2 Å². The fourth-order valence-corrected chi connectivity index (χ4v) is 4.40. The first-order valence-corrected chi connectivity index (χ1v) is 10.4. The molecule has 2 aromatic carbocycles. The Bertz CT molecular complexity index is 1010. The van der Waals surface area contributed by atoms with Crippen LogP contribution in [-0.4, -0.2) is 41.6 Å². The molecule has 156 valence electrons. The first-order chi connectivity index (χ1) is 14.4. The number of hydrogen-bond acceptors (Lipinski definition) is 4. The van der Waals surface area contributed by atoms with Gasteiger partial charge in [0.05, 0.1) is 19.2 Å². The maximum atomic E-state index is 13.8. The lowest BCUT2D eigenvalue weighted by atomic mass is 9.88. The molecule has 0 saturated heterocycles. The number of halogens is 2. The molecule has 0 atom stereocenters. The summed E-state index contributed by atoms with van der Waals surface area (Å²) in [4.78, 5) is 32.8. The van der Waals surface area contributed by atoms with Gasteiger partial charge in [-0.3, -0.25) is 14.6 Å². The summed E-state index contributed by atoms with van der Waals surface area (Å²) in [5.41, 5.74) is 0.400. The summed E-state index contributed by atoms with van der Waals surface area (Å²) in [6, 6.07) is 10.8. The number of Topliss-reactive ketones (excluding diaryl/α,β-unsaturated/α-hetero) is 1. The minimum absolute atomic E-state index is 0.121. The summed E-state index contributed by atoms with van der Waals surface area (Å²) in [6.07, 6.45) is 4.32. The number of aliphatic imine (C=N–C) groups is 1. The molecule has 1 amide bonds. The highest BCUT2D eigenvalue weighted by Crippen LogP contribution is 2.40. The zero-order chi connectivity index (χ0) is 21.3. The van der Waals surface area contributed by atoms with Gasteiger partial charge in [-0.05, 0) is 56.0 Å². The smallest absolute Gasteiger partial charge is 0.275 e. The number of methoxy groups -OCH3 is 1. The molecule has 0 aromatic heterocycles. The Labute approximate surface area is 179 Å². The second-order valence-corrected chi connectivity index (χ2v) is 8.11. The van der Waals surface area contributed by atoms with Gasteiger partial charge in [-0.1, -0.05) is 30.2 Å². The topological polar surface area (TPSA) is 59.0 Å². The van der Waals surface area contributed by atoms with E-state index in [1.165, 1.54) is 19.2 Å². The lowest BCUT2D eigenvalue weighted by Gasteiger charge is -2.38. The van der Waals surface area contributed by atoms with E-state index < -0.39 is 11.5 Å². The van der Waals surface area contributed by atoms with Gasteiger partial charge in [-0.15, -0.1) is 0 Å². The molecule has 0 unspecified atom stereocenters. The van der Waals surface area contributed by atoms with Crippen LogP contribution in [0.3, 0.4) is 0 Å². The summed E-state index contributed by atoms with van der Waals surface area (Å²) >= 11 is 5.98. The fraction of sp³-hybridized carbons (Fsp3) is 0.348. The quantitative estimate of drug-likeness (QED) is 0.650. The van der Waals surface area contributed by atoms with Crippen molar-refractivity contribution in [1.29, 1.82) is 0 Å². The number of rotatable bonds is 5. The highest BCUT2D eigenvalue weighted by molar-refractivity contribution is 6.47. The number of nitrogens with zero attached hydrogens (tertiary/aromatic N) is 2. The van der Waals surface area contributed by atoms with Gasteiger partial charge < -0.3 is 9.64 Å². The summed E-state index contributed by atoms with van der Waals surface area (Å²) in [7, 11) is 1.43. The van der Waals surface area contributed by atoms with Crippen LogP contribution in [0.25, 0.3) is 0 Å². The number of carbonyl (C=O) groups excluding carboxylic acids is 2. The van der Waals surface area contributed by atoms with E-state index in [1.807, 2.05) is 0 Å². The second-order valence-electron chi connectivity index (χ2n) is 7.67. The van der Waals surface area contributed by atoms with Crippen LogP contribution in [0, 0.1) is 5.82 Å². The van der Waals surface area contributed by atoms with E-state index in [0.717, 1.165) is 25.3 Å². The summed E-state index contributed by atoms with van der Waals surface area (Å²) in [5, 5.41) is 0.572. The highest BCUT2D eigenvalue weighted by atomic mass is 35.5. The van der Waals surface area contributed by atoms with E-state index in [2.05, 4.69) is 0 Å². The molecular formula is C23H22ClFN2O3. The molecule has 1 heterocycles. The lowest BCUT2D eigenvalue weighted by molar-refractivity contribution is -0.128. The molecule has 1 aliphatic heterocycles. The van der Waals surface area contributed by atoms with Gasteiger partial charge in [0.2, 0.25) is 0 Å². The molecule has 4 rings (SSSR count). The van der Waals surface area contributed by atoms with Crippen molar-refractivity contribution in [2.24, 2.45) is 4.99 Å². The third kappa shape index (κ3) is 3.72. The number of ether oxygens (including phenoxy) is 1. The van der Waals surface area contributed by atoms with Crippen molar-refractivity contribution in [3.63, 3.8) is 0 Å². The zero-order valence-electron chi connectivity index (χ0n) is 16.7. The van der Waals surface area contributed by atoms with Crippen molar-refractivity contribution >= 4 is 29.0 Å². The van der Waals surface area contributed by atoms with Gasteiger partial charge in [-0.25, -0.2) is 4.39 Å². The maximum absolute atomic E-state index is 13.8. The normalized spacial score (nSPS) is 17.9. The SMILES string of the molecule is COc1ccc(F)cc1C(=O)CN1C(=O)C(c2ccc(Cl)cc2)=NC12CCCCC2. The lowest BCUT2D eigenvalue weighted by Crippen LogP contribution is -2.50. The van der Waals surface area contributed by atoms with E-state index in [-0.39, 0.29) is 29.5 Å². The van der Waals surface area contributed by atoms with E-state index in [0.29, 0.717) is 29.1 Å². The van der Waals surface area contributed by atoms with Crippen LogP contribution in [-0.2, 0) is 4.79 Å². The van der Waals surface area contributed by atoms with Gasteiger partial charge in [-0.2, -0.15) is 0 Å². The summed E-state index contributed by atoms with van der Waals surface area (Å²) < 4.78 is 19.0. The third-order valence-corrected chi connectivity index (χ3v) is 6.06. The molecule has 1 saturated carbocycles. The Morgan fingerprint density at radius 3 is 2.53 bits per heavy atom.